The summed E-state index contributed by atoms with van der Waals surface area (Å²) in [4.78, 5) is 15.1. The second-order valence-electron chi connectivity index (χ2n) is 4.00. The van der Waals surface area contributed by atoms with E-state index in [1.807, 2.05) is 0 Å². The molecule has 2 aromatic heterocycles. The third-order valence-electron chi connectivity index (χ3n) is 2.62. The number of nitrogens with one attached hydrogen (secondary N) is 1. The number of hydrogen-bond donors (Lipinski definition) is 1. The van der Waals surface area contributed by atoms with E-state index in [2.05, 4.69) is 30.2 Å². The number of tetrazole rings is 1. The highest BCUT2D eigenvalue weighted by Gasteiger charge is 2.30. The number of rotatable bonds is 4. The summed E-state index contributed by atoms with van der Waals surface area (Å²) < 4.78 is 31.3. The number of halogens is 2. The molecular weight excluding hydrogens is 262 g/mol. The van der Waals surface area contributed by atoms with Crippen molar-refractivity contribution in [1.29, 1.82) is 0 Å². The largest absolute Gasteiger partial charge is 0.438 e. The zero-order valence-electron chi connectivity index (χ0n) is 9.45. The molecule has 0 atom stereocenters. The molecule has 0 aromatic carbocycles. The Kier molecular flexibility index (Phi) is 2.69. The average molecular weight is 270 g/mol. The van der Waals surface area contributed by atoms with E-state index in [1.54, 1.807) is 0 Å². The van der Waals surface area contributed by atoms with Crippen LogP contribution in [0.3, 0.4) is 0 Å². The van der Waals surface area contributed by atoms with Crippen LogP contribution in [0.15, 0.2) is 10.8 Å². The van der Waals surface area contributed by atoms with Gasteiger partial charge in [-0.3, -0.25) is 10.1 Å². The number of amides is 1. The Labute approximate surface area is 104 Å². The van der Waals surface area contributed by atoms with Crippen LogP contribution in [0.4, 0.5) is 14.7 Å². The van der Waals surface area contributed by atoms with Gasteiger partial charge >= 0.3 is 0 Å². The van der Waals surface area contributed by atoms with Crippen molar-refractivity contribution < 1.29 is 18.0 Å². The molecule has 1 N–H and O–H groups in total. The molecule has 0 unspecified atom stereocenters. The van der Waals surface area contributed by atoms with Crippen molar-refractivity contribution in [3.8, 4) is 0 Å². The molecule has 1 saturated carbocycles. The van der Waals surface area contributed by atoms with Gasteiger partial charge < -0.3 is 4.42 Å². The predicted molar refractivity (Wildman–Crippen MR) is 55.5 cm³/mol. The molecule has 3 rings (SSSR count). The highest BCUT2D eigenvalue weighted by molar-refractivity contribution is 6.01. The summed E-state index contributed by atoms with van der Waals surface area (Å²) in [5.41, 5.74) is -0.706. The maximum absolute atomic E-state index is 12.6. The summed E-state index contributed by atoms with van der Waals surface area (Å²) in [6, 6.07) is 0.148. The first-order valence-corrected chi connectivity index (χ1v) is 5.47. The Morgan fingerprint density at radius 2 is 2.32 bits per heavy atom. The molecule has 0 aliphatic heterocycles. The Bertz CT molecular complexity index is 605. The Morgan fingerprint density at radius 3 is 3.00 bits per heavy atom. The molecule has 1 aliphatic carbocycles. The van der Waals surface area contributed by atoms with Crippen LogP contribution < -0.4 is 5.32 Å². The van der Waals surface area contributed by atoms with E-state index in [-0.39, 0.29) is 12.0 Å². The minimum absolute atomic E-state index is 0.101. The maximum Gasteiger partial charge on any atom is 0.296 e. The van der Waals surface area contributed by atoms with Gasteiger partial charge in [0.2, 0.25) is 11.7 Å². The van der Waals surface area contributed by atoms with Crippen LogP contribution in [-0.2, 0) is 0 Å². The second-order valence-corrected chi connectivity index (χ2v) is 4.00. The average Bonchev–Trinajstić information content (AvgIpc) is 2.92. The lowest BCUT2D eigenvalue weighted by Gasteiger charge is -2.03. The number of anilines is 1. The van der Waals surface area contributed by atoms with Crippen molar-refractivity contribution in [2.75, 3.05) is 5.32 Å². The number of alkyl halides is 2. The van der Waals surface area contributed by atoms with Crippen molar-refractivity contribution >= 4 is 11.9 Å². The number of hydrogen-bond acceptors (Lipinski definition) is 6. The number of aromatic nitrogens is 5. The van der Waals surface area contributed by atoms with Crippen LogP contribution in [0.5, 0.6) is 0 Å². The molecule has 0 spiro atoms. The number of carbonyl (C=O) groups excluding carboxylic acids is 1. The topological polar surface area (TPSA) is 98.7 Å². The molecule has 0 saturated heterocycles. The first-order valence-electron chi connectivity index (χ1n) is 5.47. The van der Waals surface area contributed by atoms with Gasteiger partial charge in [0, 0.05) is 0 Å². The maximum atomic E-state index is 12.6. The van der Waals surface area contributed by atoms with E-state index in [0.717, 1.165) is 19.2 Å². The normalized spacial score (nSPS) is 14.9. The third kappa shape index (κ3) is 2.16. The molecule has 8 nitrogen and oxygen atoms in total. The van der Waals surface area contributed by atoms with Gasteiger partial charge in [0.05, 0.1) is 6.04 Å². The van der Waals surface area contributed by atoms with Crippen LogP contribution in [-0.4, -0.2) is 31.1 Å². The van der Waals surface area contributed by atoms with Gasteiger partial charge in [-0.15, -0.1) is 0 Å². The number of carbonyl (C=O) groups is 1. The lowest BCUT2D eigenvalue weighted by molar-refractivity contribution is 0.0975. The smallest absolute Gasteiger partial charge is 0.296 e. The SMILES string of the molecule is O=C(Nc1nnnn1C1CC1)c1ocnc1C(F)F. The van der Waals surface area contributed by atoms with E-state index in [9.17, 15) is 13.6 Å². The van der Waals surface area contributed by atoms with Gasteiger partial charge in [-0.1, -0.05) is 5.10 Å². The van der Waals surface area contributed by atoms with Crippen LogP contribution in [0.1, 0.15) is 41.6 Å². The van der Waals surface area contributed by atoms with Gasteiger partial charge in [0.25, 0.3) is 12.3 Å². The number of oxazole rings is 1. The molecule has 1 fully saturated rings. The van der Waals surface area contributed by atoms with Gasteiger partial charge in [0.15, 0.2) is 12.1 Å². The highest BCUT2D eigenvalue weighted by atomic mass is 19.3. The quantitative estimate of drug-likeness (QED) is 0.895. The van der Waals surface area contributed by atoms with Crippen LogP contribution in [0, 0.1) is 0 Å². The van der Waals surface area contributed by atoms with E-state index in [4.69, 9.17) is 0 Å². The van der Waals surface area contributed by atoms with E-state index in [0.29, 0.717) is 0 Å². The first kappa shape index (κ1) is 11.7. The van der Waals surface area contributed by atoms with Crippen molar-refractivity contribution in [2.45, 2.75) is 25.3 Å². The summed E-state index contributed by atoms with van der Waals surface area (Å²) in [6.45, 7) is 0. The van der Waals surface area contributed by atoms with Crippen LogP contribution in [0.25, 0.3) is 0 Å². The molecule has 0 radical (unpaired) electrons. The second kappa shape index (κ2) is 4.37. The molecule has 1 aliphatic rings. The Morgan fingerprint density at radius 1 is 1.53 bits per heavy atom. The monoisotopic (exact) mass is 270 g/mol. The lowest BCUT2D eigenvalue weighted by Crippen LogP contribution is -2.17. The van der Waals surface area contributed by atoms with Crippen molar-refractivity contribution in [3.63, 3.8) is 0 Å². The molecular formula is C9H8F2N6O2. The molecule has 19 heavy (non-hydrogen) atoms. The van der Waals surface area contributed by atoms with Gasteiger partial charge in [-0.25, -0.2) is 18.4 Å². The van der Waals surface area contributed by atoms with E-state index < -0.39 is 23.8 Å². The standard InChI is InChI=1S/C9H8F2N6O2/c10-7(11)5-6(19-3-12-5)8(18)13-9-14-15-16-17(9)4-1-2-4/h3-4,7H,1-2H2,(H,13,14,16,18). The lowest BCUT2D eigenvalue weighted by atomic mass is 10.3. The van der Waals surface area contributed by atoms with Gasteiger partial charge in [-0.2, -0.15) is 0 Å². The molecule has 2 heterocycles. The summed E-state index contributed by atoms with van der Waals surface area (Å²) >= 11 is 0. The van der Waals surface area contributed by atoms with E-state index >= 15 is 0 Å². The zero-order chi connectivity index (χ0) is 13.4. The highest BCUT2D eigenvalue weighted by Crippen LogP contribution is 2.35. The molecule has 2 aromatic rings. The van der Waals surface area contributed by atoms with Crippen LogP contribution in [0.2, 0.25) is 0 Å². The first-order chi connectivity index (χ1) is 9.16. The summed E-state index contributed by atoms with van der Waals surface area (Å²) in [5, 5.41) is 13.1. The van der Waals surface area contributed by atoms with E-state index in [1.165, 1.54) is 4.68 Å². The minimum atomic E-state index is -2.89. The summed E-state index contributed by atoms with van der Waals surface area (Å²) in [5.74, 6) is -1.30. The van der Waals surface area contributed by atoms with Crippen molar-refractivity contribution in [3.05, 3.63) is 17.8 Å². The molecule has 0 bridgehead atoms. The van der Waals surface area contributed by atoms with Crippen LogP contribution >= 0.6 is 0 Å². The Hall–Kier alpha value is -2.39. The fourth-order valence-electron chi connectivity index (χ4n) is 1.58. The molecule has 10 heteroatoms. The van der Waals surface area contributed by atoms with Crippen molar-refractivity contribution in [2.24, 2.45) is 0 Å². The number of nitrogens with zero attached hydrogens (tertiary/aromatic N) is 5. The third-order valence-corrected chi connectivity index (χ3v) is 2.62. The predicted octanol–water partition coefficient (Wildman–Crippen LogP) is 1.19. The fraction of sp³-hybridized carbons (Fsp3) is 0.444. The van der Waals surface area contributed by atoms with Gasteiger partial charge in [0.1, 0.15) is 0 Å². The minimum Gasteiger partial charge on any atom is -0.438 e. The summed E-state index contributed by atoms with van der Waals surface area (Å²) in [7, 11) is 0. The zero-order valence-corrected chi connectivity index (χ0v) is 9.45. The summed E-state index contributed by atoms with van der Waals surface area (Å²) in [6.07, 6.45) is -0.268. The molecule has 100 valence electrons. The molecule has 1 amide bonds. The Balaban J connectivity index is 1.80. The van der Waals surface area contributed by atoms with Crippen molar-refractivity contribution in [1.82, 2.24) is 25.2 Å². The van der Waals surface area contributed by atoms with Gasteiger partial charge in [-0.05, 0) is 23.3 Å². The fourth-order valence-corrected chi connectivity index (χ4v) is 1.58.